The summed E-state index contributed by atoms with van der Waals surface area (Å²) >= 11 is 0. The van der Waals surface area contributed by atoms with Gasteiger partial charge in [0.05, 0.1) is 6.04 Å². The molecular weight excluding hydrogens is 378 g/mol. The van der Waals surface area contributed by atoms with Crippen LogP contribution in [0.3, 0.4) is 0 Å². The van der Waals surface area contributed by atoms with Crippen molar-refractivity contribution in [2.24, 2.45) is 16.6 Å². The highest BCUT2D eigenvalue weighted by molar-refractivity contribution is 5.80. The van der Waals surface area contributed by atoms with Crippen LogP contribution in [0.15, 0.2) is 35.1 Å². The van der Waals surface area contributed by atoms with Crippen molar-refractivity contribution in [3.05, 3.63) is 46.8 Å². The number of carbonyl (C=O) groups is 1. The number of carbonyl (C=O) groups excluding carboxylic acids is 1. The third-order valence-corrected chi connectivity index (χ3v) is 5.69. The molecule has 1 fully saturated rings. The van der Waals surface area contributed by atoms with Gasteiger partial charge < -0.3 is 26.0 Å². The molecule has 1 atom stereocenters. The molecule has 0 radical (unpaired) electrons. The monoisotopic (exact) mass is 413 g/mol. The van der Waals surface area contributed by atoms with Gasteiger partial charge in [-0.3, -0.25) is 0 Å². The zero-order valence-electron chi connectivity index (χ0n) is 18.8. The second-order valence-electron chi connectivity index (χ2n) is 9.25. The minimum Gasteiger partial charge on any atom is -0.444 e. The Morgan fingerprint density at radius 1 is 1.30 bits per heavy atom. The molecule has 4 N–H and O–H groups in total. The highest BCUT2D eigenvalue weighted by atomic mass is 16.6. The van der Waals surface area contributed by atoms with Gasteiger partial charge in [0, 0.05) is 19.6 Å². The average molecular weight is 414 g/mol. The first kappa shape index (κ1) is 22.0. The van der Waals surface area contributed by atoms with E-state index >= 15 is 0 Å². The summed E-state index contributed by atoms with van der Waals surface area (Å²) in [6.45, 7) is 12.2. The number of benzene rings is 1. The largest absolute Gasteiger partial charge is 0.444 e. The van der Waals surface area contributed by atoms with Crippen LogP contribution in [0.5, 0.6) is 0 Å². The van der Waals surface area contributed by atoms with Crippen molar-refractivity contribution in [3.8, 4) is 0 Å². The predicted octanol–water partition coefficient (Wildman–Crippen LogP) is 3.34. The first-order valence-electron chi connectivity index (χ1n) is 10.7. The molecule has 30 heavy (non-hydrogen) atoms. The minimum atomic E-state index is -0.457. The van der Waals surface area contributed by atoms with E-state index < -0.39 is 5.60 Å². The van der Waals surface area contributed by atoms with Gasteiger partial charge in [-0.25, -0.2) is 4.79 Å². The van der Waals surface area contributed by atoms with Gasteiger partial charge in [-0.1, -0.05) is 18.2 Å². The summed E-state index contributed by atoms with van der Waals surface area (Å²) < 4.78 is 5.47. The Labute approximate surface area is 179 Å². The molecule has 0 spiro atoms. The Hall–Kier alpha value is -2.70. The summed E-state index contributed by atoms with van der Waals surface area (Å²) in [6.07, 6.45) is 3.76. The molecule has 0 bridgehead atoms. The van der Waals surface area contributed by atoms with Gasteiger partial charge in [0.25, 0.3) is 0 Å². The molecule has 2 aliphatic heterocycles. The van der Waals surface area contributed by atoms with Crippen LogP contribution in [0.4, 0.5) is 4.79 Å². The SMILES string of the molecule is Cc1cccc(C2C=C(NCC3CCN(C(=O)OC(C)(C)C)CC3)N=C(N)N2)c1C. The van der Waals surface area contributed by atoms with Crippen molar-refractivity contribution < 1.29 is 9.53 Å². The zero-order valence-corrected chi connectivity index (χ0v) is 18.8. The minimum absolute atomic E-state index is 0.00100. The van der Waals surface area contributed by atoms with Crippen molar-refractivity contribution in [1.29, 1.82) is 0 Å². The predicted molar refractivity (Wildman–Crippen MR) is 120 cm³/mol. The van der Waals surface area contributed by atoms with Crippen LogP contribution in [0.1, 0.15) is 56.3 Å². The summed E-state index contributed by atoms with van der Waals surface area (Å²) in [5.74, 6) is 1.70. The second kappa shape index (κ2) is 8.98. The Morgan fingerprint density at radius 2 is 2.00 bits per heavy atom. The van der Waals surface area contributed by atoms with Crippen LogP contribution in [-0.4, -0.2) is 42.2 Å². The number of guanidine groups is 1. The van der Waals surface area contributed by atoms with Gasteiger partial charge in [-0.15, -0.1) is 0 Å². The van der Waals surface area contributed by atoms with Gasteiger partial charge in [-0.2, -0.15) is 4.99 Å². The molecule has 7 heteroatoms. The molecule has 0 saturated carbocycles. The maximum atomic E-state index is 12.2. The molecule has 3 rings (SSSR count). The number of nitrogens with zero attached hydrogens (tertiary/aromatic N) is 2. The smallest absolute Gasteiger partial charge is 0.410 e. The van der Waals surface area contributed by atoms with E-state index in [0.717, 1.165) is 38.3 Å². The number of nitrogens with one attached hydrogen (secondary N) is 2. The van der Waals surface area contributed by atoms with Crippen LogP contribution in [0.2, 0.25) is 0 Å². The maximum Gasteiger partial charge on any atom is 0.410 e. The lowest BCUT2D eigenvalue weighted by molar-refractivity contribution is 0.0185. The van der Waals surface area contributed by atoms with E-state index in [1.165, 1.54) is 16.7 Å². The lowest BCUT2D eigenvalue weighted by atomic mass is 9.96. The highest BCUT2D eigenvalue weighted by Gasteiger charge is 2.27. The van der Waals surface area contributed by atoms with E-state index in [0.29, 0.717) is 11.9 Å². The molecule has 2 heterocycles. The number of piperidine rings is 1. The van der Waals surface area contributed by atoms with Crippen molar-refractivity contribution in [1.82, 2.24) is 15.5 Å². The van der Waals surface area contributed by atoms with Crippen LogP contribution >= 0.6 is 0 Å². The topological polar surface area (TPSA) is 92.0 Å². The molecule has 1 aromatic carbocycles. The fourth-order valence-electron chi connectivity index (χ4n) is 3.83. The first-order chi connectivity index (χ1) is 14.1. The Kier molecular flexibility index (Phi) is 6.58. The fraction of sp³-hybridized carbons (Fsp3) is 0.565. The normalized spacial score (nSPS) is 20.2. The third kappa shape index (κ3) is 5.68. The third-order valence-electron chi connectivity index (χ3n) is 5.69. The molecule has 1 unspecified atom stereocenters. The van der Waals surface area contributed by atoms with E-state index in [2.05, 4.69) is 53.7 Å². The van der Waals surface area contributed by atoms with Crippen molar-refractivity contribution in [2.75, 3.05) is 19.6 Å². The van der Waals surface area contributed by atoms with Crippen molar-refractivity contribution in [2.45, 2.75) is 59.1 Å². The van der Waals surface area contributed by atoms with Crippen molar-refractivity contribution >= 4 is 12.1 Å². The molecule has 0 aliphatic carbocycles. The van der Waals surface area contributed by atoms with E-state index in [-0.39, 0.29) is 12.1 Å². The van der Waals surface area contributed by atoms with Gasteiger partial charge in [0.15, 0.2) is 5.96 Å². The van der Waals surface area contributed by atoms with E-state index in [1.807, 2.05) is 20.8 Å². The summed E-state index contributed by atoms with van der Waals surface area (Å²) in [7, 11) is 0. The maximum absolute atomic E-state index is 12.2. The van der Waals surface area contributed by atoms with Crippen LogP contribution in [0, 0.1) is 19.8 Å². The lowest BCUT2D eigenvalue weighted by Crippen LogP contribution is -2.43. The van der Waals surface area contributed by atoms with Gasteiger partial charge >= 0.3 is 6.09 Å². The number of ether oxygens (including phenoxy) is 1. The summed E-state index contributed by atoms with van der Waals surface area (Å²) in [4.78, 5) is 18.5. The van der Waals surface area contributed by atoms with Crippen LogP contribution < -0.4 is 16.4 Å². The Balaban J connectivity index is 1.55. The van der Waals surface area contributed by atoms with Gasteiger partial charge in [-0.05, 0) is 76.1 Å². The zero-order chi connectivity index (χ0) is 21.9. The number of aliphatic imine (C=N–C) groups is 1. The number of aryl methyl sites for hydroxylation is 1. The molecule has 164 valence electrons. The number of nitrogens with two attached hydrogens (primary N) is 1. The highest BCUT2D eigenvalue weighted by Crippen LogP contribution is 2.25. The van der Waals surface area contributed by atoms with Crippen LogP contribution in [-0.2, 0) is 4.74 Å². The lowest BCUT2D eigenvalue weighted by Gasteiger charge is -2.33. The molecule has 1 amide bonds. The molecule has 2 aliphatic rings. The molecule has 1 saturated heterocycles. The van der Waals surface area contributed by atoms with E-state index in [9.17, 15) is 4.79 Å². The second-order valence-corrected chi connectivity index (χ2v) is 9.25. The Bertz CT molecular complexity index is 832. The average Bonchev–Trinajstić information content (AvgIpc) is 2.67. The van der Waals surface area contributed by atoms with E-state index in [4.69, 9.17) is 10.5 Å². The van der Waals surface area contributed by atoms with E-state index in [1.54, 1.807) is 4.90 Å². The summed E-state index contributed by atoms with van der Waals surface area (Å²) in [6, 6.07) is 6.31. The number of amides is 1. The first-order valence-corrected chi connectivity index (χ1v) is 10.7. The number of rotatable bonds is 4. The van der Waals surface area contributed by atoms with Crippen molar-refractivity contribution in [3.63, 3.8) is 0 Å². The Morgan fingerprint density at radius 3 is 2.67 bits per heavy atom. The number of likely N-dealkylation sites (tertiary alicyclic amines) is 1. The molecule has 0 aromatic heterocycles. The molecule has 1 aromatic rings. The number of hydrogen-bond donors (Lipinski definition) is 3. The number of hydrogen-bond acceptors (Lipinski definition) is 6. The molecule has 7 nitrogen and oxygen atoms in total. The van der Waals surface area contributed by atoms with Crippen LogP contribution in [0.25, 0.3) is 0 Å². The molecular formula is C23H35N5O2. The standard InChI is InChI=1S/C23H35N5O2/c1-15-7-6-8-18(16(15)2)19-13-20(27-21(24)26-19)25-14-17-9-11-28(12-10-17)22(29)30-23(3,4)5/h6-8,13,17,19,25H,9-12,14H2,1-5H3,(H3,24,26,27). The fourth-order valence-corrected chi connectivity index (χ4v) is 3.83. The quantitative estimate of drug-likeness (QED) is 0.704. The van der Waals surface area contributed by atoms with Gasteiger partial charge in [0.1, 0.15) is 11.4 Å². The summed E-state index contributed by atoms with van der Waals surface area (Å²) in [5, 5.41) is 6.72. The van der Waals surface area contributed by atoms with Gasteiger partial charge in [0.2, 0.25) is 0 Å². The summed E-state index contributed by atoms with van der Waals surface area (Å²) in [5.41, 5.74) is 9.32.